The SMILES string of the molecule is CCNC(=NCCN(CC)C(C)C)NC1CCC(O)CC1. The molecule has 0 saturated heterocycles. The number of aliphatic hydroxyl groups is 1. The van der Waals surface area contributed by atoms with Crippen molar-refractivity contribution in [3.63, 3.8) is 0 Å². The second kappa shape index (κ2) is 10.0. The van der Waals surface area contributed by atoms with Gasteiger partial charge in [-0.1, -0.05) is 6.92 Å². The molecule has 1 saturated carbocycles. The molecule has 0 bridgehead atoms. The molecule has 0 spiro atoms. The Morgan fingerprint density at radius 3 is 2.43 bits per heavy atom. The average molecular weight is 298 g/mol. The minimum Gasteiger partial charge on any atom is -0.393 e. The number of aliphatic hydroxyl groups excluding tert-OH is 1. The van der Waals surface area contributed by atoms with Crippen LogP contribution in [-0.4, -0.2) is 60.3 Å². The van der Waals surface area contributed by atoms with Gasteiger partial charge in [0.25, 0.3) is 0 Å². The molecule has 0 unspecified atom stereocenters. The number of nitrogens with one attached hydrogen (secondary N) is 2. The minimum atomic E-state index is -0.105. The lowest BCUT2D eigenvalue weighted by Crippen LogP contribution is -2.45. The smallest absolute Gasteiger partial charge is 0.191 e. The minimum absolute atomic E-state index is 0.105. The average Bonchev–Trinajstić information content (AvgIpc) is 2.45. The highest BCUT2D eigenvalue weighted by atomic mass is 16.3. The van der Waals surface area contributed by atoms with Crippen molar-refractivity contribution < 1.29 is 5.11 Å². The highest BCUT2D eigenvalue weighted by molar-refractivity contribution is 5.80. The normalized spacial score (nSPS) is 23.7. The molecule has 0 amide bonds. The Balaban J connectivity index is 2.42. The topological polar surface area (TPSA) is 59.9 Å². The molecule has 0 aromatic heterocycles. The van der Waals surface area contributed by atoms with Crippen LogP contribution < -0.4 is 10.6 Å². The monoisotopic (exact) mass is 298 g/mol. The van der Waals surface area contributed by atoms with E-state index in [2.05, 4.69) is 48.2 Å². The van der Waals surface area contributed by atoms with Crippen LogP contribution in [-0.2, 0) is 0 Å². The van der Waals surface area contributed by atoms with Crippen molar-refractivity contribution >= 4 is 5.96 Å². The van der Waals surface area contributed by atoms with Gasteiger partial charge in [-0.15, -0.1) is 0 Å². The summed E-state index contributed by atoms with van der Waals surface area (Å²) in [6.45, 7) is 12.5. The Morgan fingerprint density at radius 1 is 1.24 bits per heavy atom. The number of rotatable bonds is 7. The van der Waals surface area contributed by atoms with Gasteiger partial charge in [-0.3, -0.25) is 9.89 Å². The van der Waals surface area contributed by atoms with E-state index in [-0.39, 0.29) is 6.10 Å². The molecule has 5 heteroatoms. The van der Waals surface area contributed by atoms with E-state index in [1.165, 1.54) is 0 Å². The van der Waals surface area contributed by atoms with E-state index in [1.54, 1.807) is 0 Å². The zero-order valence-electron chi connectivity index (χ0n) is 14.2. The third-order valence-electron chi connectivity index (χ3n) is 4.18. The van der Waals surface area contributed by atoms with Gasteiger partial charge >= 0.3 is 0 Å². The van der Waals surface area contributed by atoms with Crippen molar-refractivity contribution in [1.82, 2.24) is 15.5 Å². The molecule has 21 heavy (non-hydrogen) atoms. The van der Waals surface area contributed by atoms with Crippen LogP contribution in [0.25, 0.3) is 0 Å². The zero-order valence-corrected chi connectivity index (χ0v) is 14.2. The summed E-state index contributed by atoms with van der Waals surface area (Å²) in [6, 6.07) is 1.01. The molecule has 124 valence electrons. The van der Waals surface area contributed by atoms with Crippen LogP contribution in [0, 0.1) is 0 Å². The number of guanidine groups is 1. The van der Waals surface area contributed by atoms with Crippen LogP contribution in [0.2, 0.25) is 0 Å². The first-order valence-corrected chi connectivity index (χ1v) is 8.53. The van der Waals surface area contributed by atoms with Crippen LogP contribution in [0.3, 0.4) is 0 Å². The second-order valence-electron chi connectivity index (χ2n) is 6.13. The Bertz CT molecular complexity index is 299. The molecule has 0 heterocycles. The van der Waals surface area contributed by atoms with Crippen molar-refractivity contribution in [2.75, 3.05) is 26.2 Å². The molecule has 1 aliphatic carbocycles. The lowest BCUT2D eigenvalue weighted by Gasteiger charge is -2.28. The van der Waals surface area contributed by atoms with Crippen molar-refractivity contribution in [3.05, 3.63) is 0 Å². The third kappa shape index (κ3) is 7.14. The molecule has 0 aromatic carbocycles. The van der Waals surface area contributed by atoms with E-state index >= 15 is 0 Å². The van der Waals surface area contributed by atoms with Crippen LogP contribution in [0.5, 0.6) is 0 Å². The van der Waals surface area contributed by atoms with E-state index in [1.807, 2.05) is 0 Å². The highest BCUT2D eigenvalue weighted by Crippen LogP contribution is 2.18. The maximum absolute atomic E-state index is 9.57. The van der Waals surface area contributed by atoms with Crippen molar-refractivity contribution in [1.29, 1.82) is 0 Å². The summed E-state index contributed by atoms with van der Waals surface area (Å²) in [7, 11) is 0. The lowest BCUT2D eigenvalue weighted by molar-refractivity contribution is 0.120. The summed E-state index contributed by atoms with van der Waals surface area (Å²) in [6.07, 6.45) is 3.74. The fourth-order valence-corrected chi connectivity index (χ4v) is 2.81. The van der Waals surface area contributed by atoms with E-state index < -0.39 is 0 Å². The van der Waals surface area contributed by atoms with E-state index in [4.69, 9.17) is 0 Å². The van der Waals surface area contributed by atoms with E-state index in [0.29, 0.717) is 12.1 Å². The third-order valence-corrected chi connectivity index (χ3v) is 4.18. The summed E-state index contributed by atoms with van der Waals surface area (Å²) < 4.78 is 0. The van der Waals surface area contributed by atoms with Gasteiger partial charge in [-0.05, 0) is 53.0 Å². The van der Waals surface area contributed by atoms with Crippen LogP contribution in [0.1, 0.15) is 53.4 Å². The predicted molar refractivity (Wildman–Crippen MR) is 89.8 cm³/mol. The number of hydrogen-bond donors (Lipinski definition) is 3. The molecule has 1 fully saturated rings. The number of likely N-dealkylation sites (N-methyl/N-ethyl adjacent to an activating group) is 1. The largest absolute Gasteiger partial charge is 0.393 e. The number of aliphatic imine (C=N–C) groups is 1. The van der Waals surface area contributed by atoms with Crippen molar-refractivity contribution in [3.8, 4) is 0 Å². The summed E-state index contributed by atoms with van der Waals surface area (Å²) >= 11 is 0. The molecule has 5 nitrogen and oxygen atoms in total. The summed E-state index contributed by atoms with van der Waals surface area (Å²) in [5.41, 5.74) is 0. The molecule has 3 N–H and O–H groups in total. The van der Waals surface area contributed by atoms with Gasteiger partial charge < -0.3 is 15.7 Å². The van der Waals surface area contributed by atoms with Gasteiger partial charge in [0.1, 0.15) is 0 Å². The van der Waals surface area contributed by atoms with E-state index in [0.717, 1.165) is 57.8 Å². The molecule has 0 aromatic rings. The summed E-state index contributed by atoms with van der Waals surface area (Å²) in [5, 5.41) is 16.4. The molecule has 0 aliphatic heterocycles. The van der Waals surface area contributed by atoms with Gasteiger partial charge in [0.05, 0.1) is 12.6 Å². The fraction of sp³-hybridized carbons (Fsp3) is 0.938. The van der Waals surface area contributed by atoms with Crippen molar-refractivity contribution in [2.24, 2.45) is 4.99 Å². The molecule has 1 rings (SSSR count). The van der Waals surface area contributed by atoms with E-state index in [9.17, 15) is 5.11 Å². The standard InChI is InChI=1S/C16H34N4O/c1-5-17-16(18-11-12-20(6-2)13(3)4)19-14-7-9-15(21)10-8-14/h13-15,21H,5-12H2,1-4H3,(H2,17,18,19). The van der Waals surface area contributed by atoms with Crippen molar-refractivity contribution in [2.45, 2.75) is 71.6 Å². The Morgan fingerprint density at radius 2 is 1.90 bits per heavy atom. The maximum atomic E-state index is 9.57. The molecular weight excluding hydrogens is 264 g/mol. The summed E-state index contributed by atoms with van der Waals surface area (Å²) in [5.74, 6) is 0.915. The number of hydrogen-bond acceptors (Lipinski definition) is 3. The quantitative estimate of drug-likeness (QED) is 0.493. The first-order chi connectivity index (χ1) is 10.1. The fourth-order valence-electron chi connectivity index (χ4n) is 2.81. The Hall–Kier alpha value is -0.810. The Labute approximate surface area is 130 Å². The first kappa shape index (κ1) is 18.2. The molecule has 1 aliphatic rings. The molecular formula is C16H34N4O. The zero-order chi connectivity index (χ0) is 15.7. The van der Waals surface area contributed by atoms with Gasteiger partial charge in [-0.25, -0.2) is 0 Å². The maximum Gasteiger partial charge on any atom is 0.191 e. The second-order valence-corrected chi connectivity index (χ2v) is 6.13. The Kier molecular flexibility index (Phi) is 8.69. The molecule has 0 atom stereocenters. The van der Waals surface area contributed by atoms with Gasteiger partial charge in [-0.2, -0.15) is 0 Å². The lowest BCUT2D eigenvalue weighted by atomic mass is 9.93. The summed E-state index contributed by atoms with van der Waals surface area (Å²) in [4.78, 5) is 7.11. The predicted octanol–water partition coefficient (Wildman–Crippen LogP) is 1.58. The van der Waals surface area contributed by atoms with Gasteiger partial charge in [0, 0.05) is 25.2 Å². The van der Waals surface area contributed by atoms with Gasteiger partial charge in [0.2, 0.25) is 0 Å². The van der Waals surface area contributed by atoms with Crippen LogP contribution >= 0.6 is 0 Å². The first-order valence-electron chi connectivity index (χ1n) is 8.53. The van der Waals surface area contributed by atoms with Crippen LogP contribution in [0.4, 0.5) is 0 Å². The highest BCUT2D eigenvalue weighted by Gasteiger charge is 2.19. The van der Waals surface area contributed by atoms with Crippen LogP contribution in [0.15, 0.2) is 4.99 Å². The molecule has 0 radical (unpaired) electrons. The number of nitrogens with zero attached hydrogens (tertiary/aromatic N) is 2. The van der Waals surface area contributed by atoms with Gasteiger partial charge in [0.15, 0.2) is 5.96 Å².